The Morgan fingerprint density at radius 1 is 1.25 bits per heavy atom. The second kappa shape index (κ2) is 5.17. The molecule has 0 aliphatic heterocycles. The van der Waals surface area contributed by atoms with E-state index in [1.807, 2.05) is 4.72 Å². The first kappa shape index (κ1) is 14.4. The van der Waals surface area contributed by atoms with Crippen molar-refractivity contribution in [2.45, 2.75) is 4.90 Å². The van der Waals surface area contributed by atoms with Crippen LogP contribution < -0.4 is 10.5 Å². The third-order valence-corrected chi connectivity index (χ3v) is 3.73. The summed E-state index contributed by atoms with van der Waals surface area (Å²) in [7, 11) is -4.55. The van der Waals surface area contributed by atoms with Gasteiger partial charge in [-0.25, -0.2) is 31.9 Å². The summed E-state index contributed by atoms with van der Waals surface area (Å²) in [6.07, 6.45) is 1.18. The molecular weight excluding hydrogens is 314 g/mol. The van der Waals surface area contributed by atoms with E-state index in [9.17, 15) is 17.2 Å². The maximum atomic E-state index is 13.6. The third-order valence-electron chi connectivity index (χ3n) is 2.14. The van der Waals surface area contributed by atoms with Crippen molar-refractivity contribution < 1.29 is 17.2 Å². The van der Waals surface area contributed by atoms with Gasteiger partial charge in [0.15, 0.2) is 4.90 Å². The van der Waals surface area contributed by atoms with Crippen molar-refractivity contribution in [2.75, 3.05) is 10.5 Å². The number of anilines is 2. The van der Waals surface area contributed by atoms with E-state index in [0.717, 1.165) is 0 Å². The molecule has 2 aromatic rings. The molecule has 6 nitrogen and oxygen atoms in total. The number of rotatable bonds is 3. The van der Waals surface area contributed by atoms with Crippen molar-refractivity contribution in [1.82, 2.24) is 9.97 Å². The van der Waals surface area contributed by atoms with E-state index in [1.165, 1.54) is 12.3 Å². The van der Waals surface area contributed by atoms with E-state index >= 15 is 0 Å². The summed E-state index contributed by atoms with van der Waals surface area (Å²) in [5, 5.41) is -0.0315. The van der Waals surface area contributed by atoms with Crippen LogP contribution in [0.2, 0.25) is 5.15 Å². The van der Waals surface area contributed by atoms with Crippen LogP contribution in [-0.2, 0) is 10.0 Å². The van der Waals surface area contributed by atoms with Gasteiger partial charge in [0.25, 0.3) is 10.0 Å². The van der Waals surface area contributed by atoms with Crippen LogP contribution in [0.1, 0.15) is 0 Å². The normalized spacial score (nSPS) is 11.3. The molecule has 1 aromatic carbocycles. The van der Waals surface area contributed by atoms with E-state index < -0.39 is 32.5 Å². The van der Waals surface area contributed by atoms with Gasteiger partial charge in [0.2, 0.25) is 5.95 Å². The Bertz CT molecular complexity index is 747. The van der Waals surface area contributed by atoms with Crippen LogP contribution in [0.25, 0.3) is 0 Å². The quantitative estimate of drug-likeness (QED) is 0.663. The molecule has 1 aromatic heterocycles. The van der Waals surface area contributed by atoms with Crippen LogP contribution in [0, 0.1) is 11.6 Å². The van der Waals surface area contributed by atoms with Crippen molar-refractivity contribution >= 4 is 33.3 Å². The van der Waals surface area contributed by atoms with Gasteiger partial charge in [-0.3, -0.25) is 0 Å². The zero-order valence-electron chi connectivity index (χ0n) is 9.64. The lowest BCUT2D eigenvalue weighted by molar-refractivity contribution is 0.522. The van der Waals surface area contributed by atoms with E-state index in [0.29, 0.717) is 12.1 Å². The van der Waals surface area contributed by atoms with Crippen LogP contribution in [0.3, 0.4) is 0 Å². The number of hydrogen-bond donors (Lipinski definition) is 2. The average Bonchev–Trinajstić information content (AvgIpc) is 2.25. The maximum absolute atomic E-state index is 13.6. The van der Waals surface area contributed by atoms with Gasteiger partial charge in [-0.1, -0.05) is 11.6 Å². The number of aromatic nitrogens is 2. The Morgan fingerprint density at radius 3 is 2.40 bits per heavy atom. The lowest BCUT2D eigenvalue weighted by atomic mass is 10.3. The fourth-order valence-electron chi connectivity index (χ4n) is 1.39. The van der Waals surface area contributed by atoms with E-state index in [4.69, 9.17) is 17.3 Å². The third kappa shape index (κ3) is 2.94. The van der Waals surface area contributed by atoms with Crippen molar-refractivity contribution in [1.29, 1.82) is 0 Å². The maximum Gasteiger partial charge on any atom is 0.270 e. The molecule has 0 atom stereocenters. The van der Waals surface area contributed by atoms with Gasteiger partial charge >= 0.3 is 0 Å². The molecule has 10 heteroatoms. The summed E-state index contributed by atoms with van der Waals surface area (Å²) in [6.45, 7) is 0. The number of nitrogen functional groups attached to an aromatic ring is 1. The first-order valence-corrected chi connectivity index (χ1v) is 6.91. The fraction of sp³-hybridized carbons (Fsp3) is 0. The molecule has 0 radical (unpaired) electrons. The Hall–Kier alpha value is -2.00. The van der Waals surface area contributed by atoms with Gasteiger partial charge < -0.3 is 5.73 Å². The van der Waals surface area contributed by atoms with Crippen molar-refractivity contribution in [3.63, 3.8) is 0 Å². The van der Waals surface area contributed by atoms with Crippen LogP contribution in [0.4, 0.5) is 20.4 Å². The number of nitrogens with zero attached hydrogens (tertiary/aromatic N) is 2. The van der Waals surface area contributed by atoms with Crippen molar-refractivity contribution in [3.8, 4) is 0 Å². The van der Waals surface area contributed by atoms with Gasteiger partial charge in [-0.15, -0.1) is 0 Å². The first-order valence-electron chi connectivity index (χ1n) is 5.05. The van der Waals surface area contributed by atoms with Gasteiger partial charge in [-0.05, 0) is 18.2 Å². The molecular formula is C10H7ClF2N4O2S. The van der Waals surface area contributed by atoms with Crippen LogP contribution in [0.5, 0.6) is 0 Å². The predicted octanol–water partition coefficient (Wildman–Crippen LogP) is 1.79. The zero-order valence-corrected chi connectivity index (χ0v) is 11.2. The number of halogens is 3. The largest absolute Gasteiger partial charge is 0.399 e. The second-order valence-electron chi connectivity index (χ2n) is 3.62. The molecule has 0 amide bonds. The predicted molar refractivity (Wildman–Crippen MR) is 68.6 cm³/mol. The topological polar surface area (TPSA) is 98.0 Å². The van der Waals surface area contributed by atoms with Crippen LogP contribution >= 0.6 is 11.6 Å². The summed E-state index contributed by atoms with van der Waals surface area (Å²) >= 11 is 5.55. The van der Waals surface area contributed by atoms with Crippen LogP contribution in [-0.4, -0.2) is 18.4 Å². The van der Waals surface area contributed by atoms with Gasteiger partial charge in [0, 0.05) is 11.9 Å². The first-order chi connectivity index (χ1) is 9.29. The number of sulfonamides is 1. The summed E-state index contributed by atoms with van der Waals surface area (Å²) in [4.78, 5) is 5.96. The highest BCUT2D eigenvalue weighted by molar-refractivity contribution is 7.92. The molecule has 2 rings (SSSR count). The summed E-state index contributed by atoms with van der Waals surface area (Å²) in [5.41, 5.74) is 4.97. The Balaban J connectivity index is 2.46. The molecule has 20 heavy (non-hydrogen) atoms. The monoisotopic (exact) mass is 320 g/mol. The van der Waals surface area contributed by atoms with E-state index in [-0.39, 0.29) is 10.8 Å². The number of nitrogens with two attached hydrogens (primary N) is 1. The van der Waals surface area contributed by atoms with Crippen molar-refractivity contribution in [2.24, 2.45) is 0 Å². The smallest absolute Gasteiger partial charge is 0.270 e. The average molecular weight is 321 g/mol. The minimum atomic E-state index is -4.55. The zero-order chi connectivity index (χ0) is 14.9. The molecule has 0 aliphatic carbocycles. The molecule has 0 fully saturated rings. The Labute approximate surface area is 117 Å². The lowest BCUT2D eigenvalue weighted by Gasteiger charge is -2.09. The van der Waals surface area contributed by atoms with E-state index in [2.05, 4.69) is 9.97 Å². The molecule has 3 N–H and O–H groups in total. The van der Waals surface area contributed by atoms with Crippen LogP contribution in [0.15, 0.2) is 29.3 Å². The summed E-state index contributed by atoms with van der Waals surface area (Å²) < 4.78 is 52.8. The minimum Gasteiger partial charge on any atom is -0.399 e. The Kier molecular flexibility index (Phi) is 3.73. The standard InChI is InChI=1S/C10H7ClF2N4O2S/c11-8-1-2-15-10(16-8)17-20(18,19)9-6(12)3-5(14)4-7(9)13/h1-4H,14H2,(H,15,16,17). The Morgan fingerprint density at radius 2 is 1.85 bits per heavy atom. The van der Waals surface area contributed by atoms with Gasteiger partial charge in [0.1, 0.15) is 16.8 Å². The molecule has 0 bridgehead atoms. The highest BCUT2D eigenvalue weighted by Gasteiger charge is 2.25. The highest BCUT2D eigenvalue weighted by atomic mass is 35.5. The van der Waals surface area contributed by atoms with Crippen molar-refractivity contribution in [3.05, 3.63) is 41.2 Å². The molecule has 0 aliphatic rings. The highest BCUT2D eigenvalue weighted by Crippen LogP contribution is 2.23. The molecule has 1 heterocycles. The summed E-state index contributed by atoms with van der Waals surface area (Å²) in [6, 6.07) is 2.69. The van der Waals surface area contributed by atoms with E-state index in [1.54, 1.807) is 0 Å². The lowest BCUT2D eigenvalue weighted by Crippen LogP contribution is -2.18. The summed E-state index contributed by atoms with van der Waals surface area (Å²) in [5.74, 6) is -3.05. The molecule has 0 spiro atoms. The fourth-order valence-corrected chi connectivity index (χ4v) is 2.60. The molecule has 0 saturated heterocycles. The van der Waals surface area contributed by atoms with Gasteiger partial charge in [-0.2, -0.15) is 0 Å². The number of benzene rings is 1. The number of nitrogens with one attached hydrogen (secondary N) is 1. The molecule has 0 unspecified atom stereocenters. The molecule has 106 valence electrons. The van der Waals surface area contributed by atoms with Gasteiger partial charge in [0.05, 0.1) is 0 Å². The second-order valence-corrected chi connectivity index (χ2v) is 5.63. The minimum absolute atomic E-state index is 0.0315. The molecule has 0 saturated carbocycles. The SMILES string of the molecule is Nc1cc(F)c(S(=O)(=O)Nc2nccc(Cl)n2)c(F)c1. The number of hydrogen-bond acceptors (Lipinski definition) is 5.